The van der Waals surface area contributed by atoms with Gasteiger partial charge in [0.1, 0.15) is 5.75 Å². The summed E-state index contributed by atoms with van der Waals surface area (Å²) in [5.74, 6) is -0.287. The van der Waals surface area contributed by atoms with Gasteiger partial charge in [-0.1, -0.05) is 0 Å². The van der Waals surface area contributed by atoms with Gasteiger partial charge in [0, 0.05) is 6.42 Å². The fourth-order valence-corrected chi connectivity index (χ4v) is 1.47. The Morgan fingerprint density at radius 2 is 2.13 bits per heavy atom. The molecule has 1 aromatic rings. The Kier molecular flexibility index (Phi) is 2.87. The third kappa shape index (κ3) is 2.47. The van der Waals surface area contributed by atoms with Crippen molar-refractivity contribution in [1.82, 2.24) is 0 Å². The first-order chi connectivity index (χ1) is 7.25. The summed E-state index contributed by atoms with van der Waals surface area (Å²) in [4.78, 5) is 10.6. The van der Waals surface area contributed by atoms with Crippen molar-refractivity contribution in [2.45, 2.75) is 19.1 Å². The van der Waals surface area contributed by atoms with Crippen LogP contribution in [0, 0.1) is 0 Å². The van der Waals surface area contributed by atoms with Gasteiger partial charge in [0.05, 0.1) is 12.2 Å². The highest BCUT2D eigenvalue weighted by molar-refractivity contribution is 5.87. The van der Waals surface area contributed by atoms with Crippen molar-refractivity contribution in [2.75, 3.05) is 6.61 Å². The molecule has 4 heteroatoms. The second-order valence-corrected chi connectivity index (χ2v) is 3.39. The molecule has 1 aliphatic heterocycles. The number of ether oxygens (including phenoxy) is 2. The number of carboxylic acid groups (broad SMARTS) is 1. The fraction of sp³-hybridized carbons (Fsp3) is 0.364. The van der Waals surface area contributed by atoms with Crippen LogP contribution in [0.25, 0.3) is 0 Å². The van der Waals surface area contributed by atoms with Crippen LogP contribution in [0.2, 0.25) is 0 Å². The SMILES string of the molecule is O=C(O)c1ccc(OC2CCCO2)cc1. The van der Waals surface area contributed by atoms with E-state index in [1.165, 1.54) is 12.1 Å². The summed E-state index contributed by atoms with van der Waals surface area (Å²) in [6, 6.07) is 6.33. The molecule has 2 rings (SSSR count). The second-order valence-electron chi connectivity index (χ2n) is 3.39. The minimum Gasteiger partial charge on any atom is -0.478 e. The van der Waals surface area contributed by atoms with Crippen LogP contribution in [0.1, 0.15) is 23.2 Å². The van der Waals surface area contributed by atoms with Gasteiger partial charge in [-0.25, -0.2) is 4.79 Å². The zero-order chi connectivity index (χ0) is 10.7. The van der Waals surface area contributed by atoms with Gasteiger partial charge in [0.15, 0.2) is 6.29 Å². The Hall–Kier alpha value is -1.55. The van der Waals surface area contributed by atoms with Gasteiger partial charge in [-0.05, 0) is 30.7 Å². The maximum atomic E-state index is 10.6. The summed E-state index contributed by atoms with van der Waals surface area (Å²) in [5, 5.41) is 8.69. The summed E-state index contributed by atoms with van der Waals surface area (Å²) in [7, 11) is 0. The average molecular weight is 208 g/mol. The van der Waals surface area contributed by atoms with E-state index in [9.17, 15) is 4.79 Å². The number of carbonyl (C=O) groups is 1. The molecule has 1 heterocycles. The standard InChI is InChI=1S/C11H12O4/c12-11(13)8-3-5-9(6-4-8)15-10-2-1-7-14-10/h3-6,10H,1-2,7H2,(H,12,13). The lowest BCUT2D eigenvalue weighted by molar-refractivity contribution is -0.0390. The van der Waals surface area contributed by atoms with Crippen LogP contribution in [-0.2, 0) is 4.74 Å². The molecule has 1 aliphatic rings. The van der Waals surface area contributed by atoms with Crippen LogP contribution < -0.4 is 4.74 Å². The summed E-state index contributed by atoms with van der Waals surface area (Å²) in [6.45, 7) is 0.734. The fourth-order valence-electron chi connectivity index (χ4n) is 1.47. The lowest BCUT2D eigenvalue weighted by Crippen LogP contribution is -2.13. The molecule has 80 valence electrons. The van der Waals surface area contributed by atoms with E-state index in [0.717, 1.165) is 19.4 Å². The van der Waals surface area contributed by atoms with Crippen LogP contribution in [0.3, 0.4) is 0 Å². The van der Waals surface area contributed by atoms with E-state index in [4.69, 9.17) is 14.6 Å². The van der Waals surface area contributed by atoms with E-state index in [2.05, 4.69) is 0 Å². The first kappa shape index (κ1) is 9.98. The lowest BCUT2D eigenvalue weighted by atomic mass is 10.2. The molecule has 0 bridgehead atoms. The highest BCUT2D eigenvalue weighted by Gasteiger charge is 2.16. The molecule has 1 aromatic carbocycles. The molecule has 0 aromatic heterocycles. The Morgan fingerprint density at radius 3 is 2.67 bits per heavy atom. The Bertz CT molecular complexity index is 338. The van der Waals surface area contributed by atoms with E-state index in [-0.39, 0.29) is 11.9 Å². The molecule has 1 atom stereocenters. The van der Waals surface area contributed by atoms with Crippen molar-refractivity contribution < 1.29 is 19.4 Å². The van der Waals surface area contributed by atoms with Crippen molar-refractivity contribution in [1.29, 1.82) is 0 Å². The van der Waals surface area contributed by atoms with E-state index >= 15 is 0 Å². The topological polar surface area (TPSA) is 55.8 Å². The minimum absolute atomic E-state index is 0.180. The summed E-state index contributed by atoms with van der Waals surface area (Å²) in [5.41, 5.74) is 0.259. The van der Waals surface area contributed by atoms with Crippen molar-refractivity contribution in [3.8, 4) is 5.75 Å². The molecular formula is C11H12O4. The lowest BCUT2D eigenvalue weighted by Gasteiger charge is -2.12. The molecule has 0 spiro atoms. The number of carboxylic acids is 1. The van der Waals surface area contributed by atoms with Gasteiger partial charge < -0.3 is 14.6 Å². The molecule has 4 nitrogen and oxygen atoms in total. The van der Waals surface area contributed by atoms with Crippen LogP contribution in [-0.4, -0.2) is 24.0 Å². The zero-order valence-electron chi connectivity index (χ0n) is 8.18. The Balaban J connectivity index is 2.00. The van der Waals surface area contributed by atoms with Gasteiger partial charge >= 0.3 is 5.97 Å². The van der Waals surface area contributed by atoms with Crippen molar-refractivity contribution in [2.24, 2.45) is 0 Å². The van der Waals surface area contributed by atoms with Gasteiger partial charge in [0.25, 0.3) is 0 Å². The minimum atomic E-state index is -0.932. The number of aromatic carboxylic acids is 1. The molecule has 1 unspecified atom stereocenters. The number of hydrogen-bond acceptors (Lipinski definition) is 3. The van der Waals surface area contributed by atoms with Crippen LogP contribution in [0.4, 0.5) is 0 Å². The highest BCUT2D eigenvalue weighted by Crippen LogP contribution is 2.19. The van der Waals surface area contributed by atoms with Crippen LogP contribution in [0.15, 0.2) is 24.3 Å². The van der Waals surface area contributed by atoms with Crippen molar-refractivity contribution in [3.05, 3.63) is 29.8 Å². The van der Waals surface area contributed by atoms with Crippen molar-refractivity contribution >= 4 is 5.97 Å². The quantitative estimate of drug-likeness (QED) is 0.824. The van der Waals surface area contributed by atoms with Crippen LogP contribution >= 0.6 is 0 Å². The van der Waals surface area contributed by atoms with Crippen molar-refractivity contribution in [3.63, 3.8) is 0 Å². The summed E-state index contributed by atoms with van der Waals surface area (Å²) in [6.07, 6.45) is 1.72. The normalized spacial score (nSPS) is 20.1. The first-order valence-electron chi connectivity index (χ1n) is 4.87. The van der Waals surface area contributed by atoms with Crippen LogP contribution in [0.5, 0.6) is 5.75 Å². The molecule has 1 saturated heterocycles. The zero-order valence-corrected chi connectivity index (χ0v) is 8.18. The third-order valence-corrected chi connectivity index (χ3v) is 2.26. The molecule has 0 aliphatic carbocycles. The van der Waals surface area contributed by atoms with Gasteiger partial charge in [-0.3, -0.25) is 0 Å². The predicted molar refractivity (Wildman–Crippen MR) is 53.0 cm³/mol. The summed E-state index contributed by atoms with van der Waals surface area (Å²) >= 11 is 0. The number of hydrogen-bond donors (Lipinski definition) is 1. The maximum Gasteiger partial charge on any atom is 0.335 e. The Labute approximate surface area is 87.4 Å². The first-order valence-corrected chi connectivity index (χ1v) is 4.87. The molecule has 1 N–H and O–H groups in total. The van der Waals surface area contributed by atoms with Gasteiger partial charge in [-0.2, -0.15) is 0 Å². The molecule has 15 heavy (non-hydrogen) atoms. The predicted octanol–water partition coefficient (Wildman–Crippen LogP) is 1.90. The third-order valence-electron chi connectivity index (χ3n) is 2.26. The van der Waals surface area contributed by atoms with Gasteiger partial charge in [0.2, 0.25) is 0 Å². The smallest absolute Gasteiger partial charge is 0.335 e. The molecular weight excluding hydrogens is 196 g/mol. The summed E-state index contributed by atoms with van der Waals surface area (Å²) < 4.78 is 10.8. The molecule has 0 radical (unpaired) electrons. The second kappa shape index (κ2) is 4.31. The largest absolute Gasteiger partial charge is 0.478 e. The van der Waals surface area contributed by atoms with E-state index < -0.39 is 5.97 Å². The van der Waals surface area contributed by atoms with E-state index in [0.29, 0.717) is 5.75 Å². The highest BCUT2D eigenvalue weighted by atomic mass is 16.7. The van der Waals surface area contributed by atoms with E-state index in [1.54, 1.807) is 12.1 Å². The number of benzene rings is 1. The van der Waals surface area contributed by atoms with Gasteiger partial charge in [-0.15, -0.1) is 0 Å². The monoisotopic (exact) mass is 208 g/mol. The Morgan fingerprint density at radius 1 is 1.40 bits per heavy atom. The van der Waals surface area contributed by atoms with E-state index in [1.807, 2.05) is 0 Å². The molecule has 1 fully saturated rings. The number of rotatable bonds is 3. The average Bonchev–Trinajstić information content (AvgIpc) is 2.71. The molecule has 0 saturated carbocycles. The maximum absolute atomic E-state index is 10.6. The molecule has 0 amide bonds.